The van der Waals surface area contributed by atoms with E-state index in [1.54, 1.807) is 31.2 Å². The van der Waals surface area contributed by atoms with Crippen LogP contribution in [0.1, 0.15) is 11.3 Å². The smallest absolute Gasteiger partial charge is 0.351 e. The van der Waals surface area contributed by atoms with E-state index in [9.17, 15) is 18.5 Å². The first-order valence-electron chi connectivity index (χ1n) is 10.3. The van der Waals surface area contributed by atoms with Crippen molar-refractivity contribution in [2.45, 2.75) is 11.8 Å². The van der Waals surface area contributed by atoms with Gasteiger partial charge in [-0.15, -0.1) is 22.9 Å². The second-order valence-corrected chi connectivity index (χ2v) is 9.46. The summed E-state index contributed by atoms with van der Waals surface area (Å²) in [4.78, 5) is 22.8. The first-order chi connectivity index (χ1) is 17.6. The first kappa shape index (κ1) is 25.5. The quantitative estimate of drug-likeness (QED) is 0.121. The number of nitriles is 1. The van der Waals surface area contributed by atoms with E-state index in [1.807, 2.05) is 6.07 Å². The minimum absolute atomic E-state index is 0.0558. The summed E-state index contributed by atoms with van der Waals surface area (Å²) in [6.45, 7) is 1.36. The highest BCUT2D eigenvalue weighted by Crippen LogP contribution is 2.31. The van der Waals surface area contributed by atoms with E-state index in [2.05, 4.69) is 53.3 Å². The minimum atomic E-state index is -4.22. The summed E-state index contributed by atoms with van der Waals surface area (Å²) in [5.41, 5.74) is 6.62. The van der Waals surface area contributed by atoms with Gasteiger partial charge < -0.3 is 11.1 Å². The minimum Gasteiger partial charge on any atom is -0.382 e. The maximum absolute atomic E-state index is 12.0. The summed E-state index contributed by atoms with van der Waals surface area (Å²) in [5.74, 6) is -0.862. The van der Waals surface area contributed by atoms with Crippen LogP contribution in [0.2, 0.25) is 0 Å². The van der Waals surface area contributed by atoms with Gasteiger partial charge in [0.15, 0.2) is 17.3 Å². The third-order valence-electron chi connectivity index (χ3n) is 4.75. The Morgan fingerprint density at radius 3 is 2.65 bits per heavy atom. The molecule has 4 rings (SSSR count). The van der Waals surface area contributed by atoms with Crippen LogP contribution in [-0.4, -0.2) is 59.8 Å². The molecule has 0 aliphatic carbocycles. The van der Waals surface area contributed by atoms with Crippen LogP contribution in [0.25, 0.3) is 11.6 Å². The van der Waals surface area contributed by atoms with Crippen molar-refractivity contribution in [3.8, 4) is 17.7 Å². The molecule has 0 atom stereocenters. The molecule has 0 aliphatic rings. The Morgan fingerprint density at radius 2 is 1.97 bits per heavy atom. The van der Waals surface area contributed by atoms with Crippen molar-refractivity contribution >= 4 is 46.0 Å². The number of nitrogen functional groups attached to an aromatic ring is 1. The van der Waals surface area contributed by atoms with Crippen LogP contribution in [0, 0.1) is 18.3 Å². The number of rotatable bonds is 8. The van der Waals surface area contributed by atoms with Gasteiger partial charge in [0.2, 0.25) is 5.95 Å². The summed E-state index contributed by atoms with van der Waals surface area (Å²) in [7, 11) is -4.22. The lowest BCUT2D eigenvalue weighted by Crippen LogP contribution is -2.22. The summed E-state index contributed by atoms with van der Waals surface area (Å²) < 4.78 is 33.1. The van der Waals surface area contributed by atoms with Crippen LogP contribution in [-0.2, 0) is 10.1 Å². The molecular weight excluding hydrogens is 524 g/mol. The number of anilines is 2. The molecule has 1 aromatic carbocycles. The van der Waals surface area contributed by atoms with Crippen LogP contribution in [0.15, 0.2) is 50.4 Å². The molecule has 0 saturated heterocycles. The van der Waals surface area contributed by atoms with Crippen molar-refractivity contribution in [3.63, 3.8) is 0 Å². The predicted octanol–water partition coefficient (Wildman–Crippen LogP) is 1.30. The molecule has 0 saturated carbocycles. The zero-order chi connectivity index (χ0) is 26.7. The number of nitrogens with one attached hydrogen (secondary N) is 2. The van der Waals surface area contributed by atoms with Gasteiger partial charge in [-0.25, -0.2) is 9.48 Å². The number of nitrogens with two attached hydrogens (primary N) is 1. The van der Waals surface area contributed by atoms with Gasteiger partial charge in [-0.05, 0) is 31.2 Å². The van der Waals surface area contributed by atoms with Crippen molar-refractivity contribution in [1.82, 2.24) is 34.5 Å². The number of nitrogens with zero attached hydrogens (tertiary/aromatic N) is 9. The van der Waals surface area contributed by atoms with Gasteiger partial charge in [0.25, 0.3) is 16.1 Å². The van der Waals surface area contributed by atoms with Crippen molar-refractivity contribution in [2.75, 3.05) is 23.3 Å². The molecule has 5 N–H and O–H groups in total. The summed E-state index contributed by atoms with van der Waals surface area (Å²) in [6, 6.07) is 9.02. The van der Waals surface area contributed by atoms with Crippen molar-refractivity contribution in [1.29, 1.82) is 5.26 Å². The van der Waals surface area contributed by atoms with Crippen molar-refractivity contribution in [2.24, 2.45) is 10.2 Å². The Balaban J connectivity index is 1.67. The average Bonchev–Trinajstić information content (AvgIpc) is 3.37. The van der Waals surface area contributed by atoms with Gasteiger partial charge in [-0.2, -0.15) is 38.5 Å². The molecule has 3 aromatic heterocycles. The molecule has 190 valence electrons. The Kier molecular flexibility index (Phi) is 7.01. The number of aryl methyl sites for hydroxylation is 1. The van der Waals surface area contributed by atoms with Crippen molar-refractivity contribution < 1.29 is 13.0 Å². The molecule has 0 amide bonds. The van der Waals surface area contributed by atoms with Crippen LogP contribution in [0.3, 0.4) is 0 Å². The molecule has 3 heterocycles. The normalized spacial score (nSPS) is 11.6. The second-order valence-electron chi connectivity index (χ2n) is 7.37. The van der Waals surface area contributed by atoms with E-state index < -0.39 is 21.6 Å². The summed E-state index contributed by atoms with van der Waals surface area (Å²) >= 11 is 4.26. The van der Waals surface area contributed by atoms with Crippen LogP contribution >= 0.6 is 12.6 Å². The maximum Gasteiger partial charge on any atom is 0.351 e. The van der Waals surface area contributed by atoms with E-state index in [0.29, 0.717) is 11.4 Å². The number of azo groups is 1. The van der Waals surface area contributed by atoms with Gasteiger partial charge in [0.05, 0.1) is 23.3 Å². The number of hydrogen-bond acceptors (Lipinski definition) is 13. The molecular formula is C19H18N12O4S2. The standard InChI is InChI=1S/C19H18N12O4S2/c1-10-14(27-28-16-11(8-20)9-23-30(16)12-2-4-13(36)5-3-12)15(21)31(29-10)18-24-17(25-19(32)26-18)22-6-7-37(33,34)35/h2-5,9,36H,6-7,21H2,1H3,(H,33,34,35)(H2,22,24,25,26,32). The number of H-pyrrole nitrogens is 1. The largest absolute Gasteiger partial charge is 0.382 e. The monoisotopic (exact) mass is 542 g/mol. The number of aromatic nitrogens is 7. The lowest BCUT2D eigenvalue weighted by Gasteiger charge is -2.06. The van der Waals surface area contributed by atoms with Gasteiger partial charge in [0, 0.05) is 11.4 Å². The highest BCUT2D eigenvalue weighted by atomic mass is 32.2. The Bertz CT molecular complexity index is 1700. The van der Waals surface area contributed by atoms with Crippen LogP contribution in [0.4, 0.5) is 23.3 Å². The highest BCUT2D eigenvalue weighted by Gasteiger charge is 2.18. The fraction of sp³-hybridized carbons (Fsp3) is 0.158. The Hall–Kier alpha value is -4.60. The average molecular weight is 543 g/mol. The molecule has 0 fully saturated rings. The van der Waals surface area contributed by atoms with Gasteiger partial charge in [0.1, 0.15) is 11.6 Å². The predicted molar refractivity (Wildman–Crippen MR) is 134 cm³/mol. The van der Waals surface area contributed by atoms with Gasteiger partial charge in [-0.1, -0.05) is 0 Å². The molecule has 0 unspecified atom stereocenters. The number of aromatic amines is 1. The van der Waals surface area contributed by atoms with E-state index in [4.69, 9.17) is 10.3 Å². The molecule has 0 spiro atoms. The molecule has 37 heavy (non-hydrogen) atoms. The zero-order valence-corrected chi connectivity index (χ0v) is 20.6. The molecule has 0 bridgehead atoms. The van der Waals surface area contributed by atoms with E-state index in [1.165, 1.54) is 10.9 Å². The lowest BCUT2D eigenvalue weighted by molar-refractivity contribution is 0.484. The Labute approximate surface area is 214 Å². The molecule has 18 heteroatoms. The van der Waals surface area contributed by atoms with E-state index in [0.717, 1.165) is 9.58 Å². The molecule has 0 radical (unpaired) electrons. The lowest BCUT2D eigenvalue weighted by atomic mass is 10.3. The zero-order valence-electron chi connectivity index (χ0n) is 18.9. The van der Waals surface area contributed by atoms with E-state index >= 15 is 0 Å². The van der Waals surface area contributed by atoms with Crippen LogP contribution < -0.4 is 16.7 Å². The SMILES string of the molecule is Cc1nn(-c2nc(NCCS(=O)(=O)O)[nH]c(=O)n2)c(N)c1N=Nc1c(C#N)cnn1-c1ccc(S)cc1. The molecule has 0 aliphatic heterocycles. The number of benzene rings is 1. The summed E-state index contributed by atoms with van der Waals surface area (Å²) in [6.07, 6.45) is 1.35. The fourth-order valence-electron chi connectivity index (χ4n) is 3.06. The molecule has 16 nitrogen and oxygen atoms in total. The van der Waals surface area contributed by atoms with Crippen LogP contribution in [0.5, 0.6) is 0 Å². The fourth-order valence-corrected chi connectivity index (χ4v) is 3.57. The Morgan fingerprint density at radius 1 is 1.24 bits per heavy atom. The number of hydrogen-bond donors (Lipinski definition) is 5. The highest BCUT2D eigenvalue weighted by molar-refractivity contribution is 7.85. The topological polar surface area (TPSA) is 235 Å². The van der Waals surface area contributed by atoms with E-state index in [-0.39, 0.29) is 41.3 Å². The number of thiol groups is 1. The first-order valence-corrected chi connectivity index (χ1v) is 12.3. The summed E-state index contributed by atoms with van der Waals surface area (Å²) in [5, 5.41) is 28.8. The van der Waals surface area contributed by atoms with Crippen molar-refractivity contribution in [3.05, 3.63) is 52.2 Å². The molecule has 4 aromatic rings. The maximum atomic E-state index is 12.0. The third-order valence-corrected chi connectivity index (χ3v) is 5.77. The van der Waals surface area contributed by atoms with Gasteiger partial charge >= 0.3 is 5.69 Å². The second kappa shape index (κ2) is 10.2. The van der Waals surface area contributed by atoms with Gasteiger partial charge in [-0.3, -0.25) is 9.54 Å². The third kappa shape index (κ3) is 5.80.